The molecule has 2 N–H and O–H groups in total. The fraction of sp³-hybridized carbons (Fsp3) is 0.846. The summed E-state index contributed by atoms with van der Waals surface area (Å²) in [5.74, 6) is 0.451. The van der Waals surface area contributed by atoms with Crippen LogP contribution in [0, 0.1) is 5.92 Å². The Bertz CT molecular complexity index is 369. The van der Waals surface area contributed by atoms with E-state index >= 15 is 0 Å². The zero-order valence-corrected chi connectivity index (χ0v) is 12.3. The maximum Gasteiger partial charge on any atom is 0.317 e. The maximum atomic E-state index is 12.2. The zero-order valence-electron chi connectivity index (χ0n) is 11.5. The van der Waals surface area contributed by atoms with Crippen molar-refractivity contribution >= 4 is 23.8 Å². The number of rotatable bonds is 4. The fourth-order valence-electron chi connectivity index (χ4n) is 2.46. The van der Waals surface area contributed by atoms with Crippen molar-refractivity contribution in [2.24, 2.45) is 5.92 Å². The molecule has 1 aliphatic heterocycles. The van der Waals surface area contributed by atoms with Gasteiger partial charge in [-0.05, 0) is 32.6 Å². The number of thioether (sulfide) groups is 1. The molecule has 0 bridgehead atoms. The molecule has 1 unspecified atom stereocenters. The lowest BCUT2D eigenvalue weighted by molar-refractivity contribution is -0.137. The molecular weight excluding hydrogens is 264 g/mol. The quantitative estimate of drug-likeness (QED) is 0.826. The summed E-state index contributed by atoms with van der Waals surface area (Å²) in [6.07, 6.45) is 2.08. The number of nitrogens with zero attached hydrogens (tertiary/aromatic N) is 1. The lowest BCUT2D eigenvalue weighted by Gasteiger charge is -2.38. The summed E-state index contributed by atoms with van der Waals surface area (Å²) in [6, 6.07) is -0.311. The van der Waals surface area contributed by atoms with Gasteiger partial charge in [-0.2, -0.15) is 11.8 Å². The highest BCUT2D eigenvalue weighted by Gasteiger charge is 2.36. The minimum Gasteiger partial charge on any atom is -0.481 e. The molecule has 6 heteroatoms. The van der Waals surface area contributed by atoms with Gasteiger partial charge in [0, 0.05) is 29.6 Å². The first-order chi connectivity index (χ1) is 8.87. The van der Waals surface area contributed by atoms with Crippen LogP contribution in [0.3, 0.4) is 0 Å². The highest BCUT2D eigenvalue weighted by atomic mass is 32.2. The third kappa shape index (κ3) is 4.30. The van der Waals surface area contributed by atoms with Crippen molar-refractivity contribution < 1.29 is 14.7 Å². The van der Waals surface area contributed by atoms with E-state index in [0.29, 0.717) is 12.5 Å². The van der Waals surface area contributed by atoms with Gasteiger partial charge in [0.15, 0.2) is 0 Å². The van der Waals surface area contributed by atoms with E-state index in [-0.39, 0.29) is 23.2 Å². The zero-order chi connectivity index (χ0) is 14.0. The molecule has 108 valence electrons. The molecule has 0 aromatic heterocycles. The second-order valence-electron chi connectivity index (χ2n) is 6.02. The summed E-state index contributed by atoms with van der Waals surface area (Å²) in [5, 5.41) is 11.8. The molecule has 2 aliphatic rings. The van der Waals surface area contributed by atoms with E-state index in [2.05, 4.69) is 19.2 Å². The highest BCUT2D eigenvalue weighted by Crippen LogP contribution is 2.34. The normalized spacial score (nSPS) is 23.8. The number of urea groups is 1. The molecule has 0 aromatic carbocycles. The second kappa shape index (κ2) is 5.61. The summed E-state index contributed by atoms with van der Waals surface area (Å²) < 4.78 is 0.0808. The van der Waals surface area contributed by atoms with Crippen LogP contribution >= 0.6 is 11.8 Å². The molecule has 0 aromatic rings. The first-order valence-corrected chi connectivity index (χ1v) is 7.77. The number of amides is 2. The molecular formula is C13H22N2O3S. The monoisotopic (exact) mass is 286 g/mol. The summed E-state index contributed by atoms with van der Waals surface area (Å²) in [4.78, 5) is 24.9. The van der Waals surface area contributed by atoms with E-state index in [0.717, 1.165) is 25.1 Å². The number of nitrogens with one attached hydrogen (secondary N) is 1. The Balaban J connectivity index is 1.89. The van der Waals surface area contributed by atoms with Crippen LogP contribution in [0.1, 0.15) is 33.1 Å². The molecule has 0 radical (unpaired) electrons. The van der Waals surface area contributed by atoms with Gasteiger partial charge in [0.05, 0.1) is 6.42 Å². The van der Waals surface area contributed by atoms with Crippen LogP contribution in [0.4, 0.5) is 4.79 Å². The number of carboxylic acid groups (broad SMARTS) is 1. The van der Waals surface area contributed by atoms with Gasteiger partial charge in [-0.1, -0.05) is 0 Å². The molecule has 0 spiro atoms. The maximum absolute atomic E-state index is 12.2. The minimum absolute atomic E-state index is 0.0301. The Kier molecular flexibility index (Phi) is 4.28. The van der Waals surface area contributed by atoms with Crippen LogP contribution in [0.25, 0.3) is 0 Å². The van der Waals surface area contributed by atoms with Crippen molar-refractivity contribution in [3.05, 3.63) is 0 Å². The number of hydrogen-bond acceptors (Lipinski definition) is 3. The van der Waals surface area contributed by atoms with Gasteiger partial charge in [-0.15, -0.1) is 0 Å². The molecule has 2 fully saturated rings. The largest absolute Gasteiger partial charge is 0.481 e. The standard InChI is InChI=1S/C13H22N2O3S/c1-13(2)8-15(5-6-19-13)12(18)14-10(7-11(16)17)9-3-4-9/h9-10H,3-8H2,1-2H3,(H,14,18)(H,16,17). The minimum atomic E-state index is -0.841. The predicted molar refractivity (Wildman–Crippen MR) is 75.4 cm³/mol. The van der Waals surface area contributed by atoms with Crippen molar-refractivity contribution in [1.82, 2.24) is 10.2 Å². The average molecular weight is 286 g/mol. The van der Waals surface area contributed by atoms with Crippen molar-refractivity contribution in [2.45, 2.75) is 43.9 Å². The molecule has 1 saturated carbocycles. The van der Waals surface area contributed by atoms with E-state index < -0.39 is 5.97 Å². The van der Waals surface area contributed by atoms with E-state index in [9.17, 15) is 9.59 Å². The predicted octanol–water partition coefficient (Wildman–Crippen LogP) is 1.78. The fourth-order valence-corrected chi connectivity index (χ4v) is 3.57. The summed E-state index contributed by atoms with van der Waals surface area (Å²) in [7, 11) is 0. The Labute approximate surface area is 118 Å². The van der Waals surface area contributed by atoms with E-state index in [1.807, 2.05) is 16.7 Å². The van der Waals surface area contributed by atoms with Gasteiger partial charge < -0.3 is 15.3 Å². The van der Waals surface area contributed by atoms with Crippen molar-refractivity contribution in [1.29, 1.82) is 0 Å². The number of carbonyl (C=O) groups excluding carboxylic acids is 1. The molecule has 1 saturated heterocycles. The second-order valence-corrected chi connectivity index (χ2v) is 7.82. The Hall–Kier alpha value is -0.910. The molecule has 1 heterocycles. The third-order valence-electron chi connectivity index (χ3n) is 3.61. The van der Waals surface area contributed by atoms with E-state index in [1.54, 1.807) is 0 Å². The van der Waals surface area contributed by atoms with Crippen molar-refractivity contribution in [2.75, 3.05) is 18.8 Å². The van der Waals surface area contributed by atoms with E-state index in [4.69, 9.17) is 5.11 Å². The van der Waals surface area contributed by atoms with Gasteiger partial charge in [-0.3, -0.25) is 4.79 Å². The van der Waals surface area contributed by atoms with Gasteiger partial charge >= 0.3 is 12.0 Å². The average Bonchev–Trinajstić information content (AvgIpc) is 3.09. The summed E-state index contributed by atoms with van der Waals surface area (Å²) in [5.41, 5.74) is 0. The van der Waals surface area contributed by atoms with Crippen molar-refractivity contribution in [3.8, 4) is 0 Å². The van der Waals surface area contributed by atoms with Crippen LogP contribution in [-0.4, -0.2) is 51.6 Å². The smallest absolute Gasteiger partial charge is 0.317 e. The first-order valence-electron chi connectivity index (χ1n) is 6.78. The Morgan fingerprint density at radius 3 is 2.68 bits per heavy atom. The number of aliphatic carboxylic acids is 1. The van der Waals surface area contributed by atoms with Gasteiger partial charge in [0.1, 0.15) is 0 Å². The molecule has 2 rings (SSSR count). The first kappa shape index (κ1) is 14.5. The molecule has 2 amide bonds. The number of carboxylic acids is 1. The Morgan fingerprint density at radius 2 is 2.16 bits per heavy atom. The lowest BCUT2D eigenvalue weighted by Crippen LogP contribution is -2.52. The van der Waals surface area contributed by atoms with Crippen molar-refractivity contribution in [3.63, 3.8) is 0 Å². The molecule has 1 atom stereocenters. The third-order valence-corrected chi connectivity index (χ3v) is 4.90. The lowest BCUT2D eigenvalue weighted by atomic mass is 10.1. The van der Waals surface area contributed by atoms with Crippen LogP contribution in [0.15, 0.2) is 0 Å². The number of hydrogen-bond donors (Lipinski definition) is 2. The van der Waals surface area contributed by atoms with Gasteiger partial charge in [-0.25, -0.2) is 4.79 Å². The van der Waals surface area contributed by atoms with Crippen LogP contribution in [0.5, 0.6) is 0 Å². The molecule has 19 heavy (non-hydrogen) atoms. The molecule has 1 aliphatic carbocycles. The van der Waals surface area contributed by atoms with Gasteiger partial charge in [0.25, 0.3) is 0 Å². The summed E-state index contributed by atoms with van der Waals surface area (Å²) in [6.45, 7) is 5.72. The highest BCUT2D eigenvalue weighted by molar-refractivity contribution is 8.00. The number of carbonyl (C=O) groups is 2. The molecule has 5 nitrogen and oxygen atoms in total. The van der Waals surface area contributed by atoms with E-state index in [1.165, 1.54) is 0 Å². The van der Waals surface area contributed by atoms with Crippen LogP contribution in [-0.2, 0) is 4.79 Å². The van der Waals surface area contributed by atoms with Gasteiger partial charge in [0.2, 0.25) is 0 Å². The summed E-state index contributed by atoms with van der Waals surface area (Å²) >= 11 is 1.87. The SMILES string of the molecule is CC1(C)CN(C(=O)NC(CC(=O)O)C2CC2)CCS1. The Morgan fingerprint density at radius 1 is 1.47 bits per heavy atom. The topological polar surface area (TPSA) is 69.6 Å². The van der Waals surface area contributed by atoms with Crippen LogP contribution in [0.2, 0.25) is 0 Å². The van der Waals surface area contributed by atoms with Crippen LogP contribution < -0.4 is 5.32 Å².